The molecule has 146 valence electrons. The van der Waals surface area contributed by atoms with Crippen molar-refractivity contribution in [3.63, 3.8) is 0 Å². The number of rotatable bonds is 7. The molecule has 1 heterocycles. The van der Waals surface area contributed by atoms with Gasteiger partial charge in [0.25, 0.3) is 5.91 Å². The van der Waals surface area contributed by atoms with Crippen LogP contribution in [0.2, 0.25) is 0 Å². The average molecular weight is 394 g/mol. The molecule has 1 aromatic carbocycles. The SMILES string of the molecule is O=C(NCC(F)(F)F)c1cccc(S(=O)(=O)NCCN2CCNCC2)c1. The van der Waals surface area contributed by atoms with E-state index < -0.39 is 28.7 Å². The predicted octanol–water partition coefficient (Wildman–Crippen LogP) is 0.162. The van der Waals surface area contributed by atoms with E-state index in [1.807, 2.05) is 0 Å². The van der Waals surface area contributed by atoms with E-state index in [1.54, 1.807) is 5.32 Å². The van der Waals surface area contributed by atoms with Gasteiger partial charge in [-0.3, -0.25) is 9.69 Å². The molecule has 0 aromatic heterocycles. The van der Waals surface area contributed by atoms with Crippen LogP contribution in [0.3, 0.4) is 0 Å². The predicted molar refractivity (Wildman–Crippen MR) is 89.3 cm³/mol. The zero-order chi connectivity index (χ0) is 19.2. The Morgan fingerprint density at radius 2 is 1.92 bits per heavy atom. The number of halogens is 3. The summed E-state index contributed by atoms with van der Waals surface area (Å²) >= 11 is 0. The Bertz CT molecular complexity index is 719. The van der Waals surface area contributed by atoms with Gasteiger partial charge >= 0.3 is 6.18 Å². The van der Waals surface area contributed by atoms with Gasteiger partial charge in [0.15, 0.2) is 0 Å². The number of carbonyl (C=O) groups excluding carboxylic acids is 1. The molecule has 11 heteroatoms. The molecule has 1 fully saturated rings. The first-order chi connectivity index (χ1) is 12.2. The third kappa shape index (κ3) is 6.56. The lowest BCUT2D eigenvalue weighted by Crippen LogP contribution is -2.46. The molecule has 0 aliphatic carbocycles. The van der Waals surface area contributed by atoms with Crippen LogP contribution in [0.5, 0.6) is 0 Å². The van der Waals surface area contributed by atoms with Crippen molar-refractivity contribution in [3.8, 4) is 0 Å². The number of hydrogen-bond acceptors (Lipinski definition) is 5. The highest BCUT2D eigenvalue weighted by Gasteiger charge is 2.28. The number of nitrogens with zero attached hydrogens (tertiary/aromatic N) is 1. The van der Waals surface area contributed by atoms with E-state index in [0.717, 1.165) is 32.2 Å². The molecular weight excluding hydrogens is 373 g/mol. The van der Waals surface area contributed by atoms with E-state index >= 15 is 0 Å². The maximum Gasteiger partial charge on any atom is 0.405 e. The molecule has 26 heavy (non-hydrogen) atoms. The van der Waals surface area contributed by atoms with Crippen molar-refractivity contribution in [1.29, 1.82) is 0 Å². The van der Waals surface area contributed by atoms with Crippen LogP contribution in [0.4, 0.5) is 13.2 Å². The number of carbonyl (C=O) groups is 1. The van der Waals surface area contributed by atoms with E-state index in [2.05, 4.69) is 14.9 Å². The minimum atomic E-state index is -4.54. The molecule has 1 aliphatic rings. The highest BCUT2D eigenvalue weighted by Crippen LogP contribution is 2.14. The largest absolute Gasteiger partial charge is 0.405 e. The summed E-state index contributed by atoms with van der Waals surface area (Å²) in [5, 5.41) is 4.91. The van der Waals surface area contributed by atoms with Crippen LogP contribution in [-0.4, -0.2) is 71.2 Å². The van der Waals surface area contributed by atoms with Crippen LogP contribution in [0, 0.1) is 0 Å². The van der Waals surface area contributed by atoms with E-state index in [4.69, 9.17) is 0 Å². The molecule has 3 N–H and O–H groups in total. The van der Waals surface area contributed by atoms with Gasteiger partial charge < -0.3 is 10.6 Å². The number of hydrogen-bond donors (Lipinski definition) is 3. The highest BCUT2D eigenvalue weighted by molar-refractivity contribution is 7.89. The Balaban J connectivity index is 1.94. The molecule has 1 aromatic rings. The number of piperazine rings is 1. The van der Waals surface area contributed by atoms with Crippen molar-refractivity contribution in [2.75, 3.05) is 45.8 Å². The third-order valence-corrected chi connectivity index (χ3v) is 5.24. The third-order valence-electron chi connectivity index (χ3n) is 3.79. The maximum atomic E-state index is 12.3. The van der Waals surface area contributed by atoms with Gasteiger partial charge in [-0.2, -0.15) is 13.2 Å². The number of benzene rings is 1. The lowest BCUT2D eigenvalue weighted by Gasteiger charge is -2.27. The molecule has 1 saturated heterocycles. The Morgan fingerprint density at radius 3 is 2.58 bits per heavy atom. The molecule has 0 radical (unpaired) electrons. The summed E-state index contributed by atoms with van der Waals surface area (Å²) in [6.07, 6.45) is -4.54. The van der Waals surface area contributed by atoms with Gasteiger partial charge in [0.1, 0.15) is 6.54 Å². The summed E-state index contributed by atoms with van der Waals surface area (Å²) in [5.41, 5.74) is -0.153. The molecule has 0 bridgehead atoms. The van der Waals surface area contributed by atoms with Crippen LogP contribution < -0.4 is 15.4 Å². The molecular formula is C15H21F3N4O3S. The summed E-state index contributed by atoms with van der Waals surface area (Å²) in [6, 6.07) is 4.91. The van der Waals surface area contributed by atoms with Gasteiger partial charge in [-0.05, 0) is 18.2 Å². The van der Waals surface area contributed by atoms with Gasteiger partial charge in [-0.15, -0.1) is 0 Å². The molecule has 7 nitrogen and oxygen atoms in total. The highest BCUT2D eigenvalue weighted by atomic mass is 32.2. The first kappa shape index (κ1) is 20.6. The van der Waals surface area contributed by atoms with Crippen molar-refractivity contribution < 1.29 is 26.4 Å². The van der Waals surface area contributed by atoms with Crippen molar-refractivity contribution in [1.82, 2.24) is 20.3 Å². The molecule has 0 unspecified atom stereocenters. The van der Waals surface area contributed by atoms with E-state index in [9.17, 15) is 26.4 Å². The first-order valence-corrected chi connectivity index (χ1v) is 9.53. The molecule has 0 spiro atoms. The number of nitrogens with one attached hydrogen (secondary N) is 3. The number of amides is 1. The quantitative estimate of drug-likeness (QED) is 0.613. The Hall–Kier alpha value is -1.69. The topological polar surface area (TPSA) is 90.5 Å². The van der Waals surface area contributed by atoms with Crippen LogP contribution in [0.15, 0.2) is 29.2 Å². The lowest BCUT2D eigenvalue weighted by molar-refractivity contribution is -0.123. The summed E-state index contributed by atoms with van der Waals surface area (Å²) in [6.45, 7) is 2.63. The van der Waals surface area contributed by atoms with Crippen LogP contribution in [0.25, 0.3) is 0 Å². The van der Waals surface area contributed by atoms with Crippen molar-refractivity contribution >= 4 is 15.9 Å². The fourth-order valence-corrected chi connectivity index (χ4v) is 3.51. The summed E-state index contributed by atoms with van der Waals surface area (Å²) in [5.74, 6) is -0.986. The van der Waals surface area contributed by atoms with Gasteiger partial charge in [0.2, 0.25) is 10.0 Å². The summed E-state index contributed by atoms with van der Waals surface area (Å²) in [7, 11) is -3.85. The second kappa shape index (κ2) is 8.80. The molecule has 1 aliphatic heterocycles. The van der Waals surface area contributed by atoms with Crippen molar-refractivity contribution in [3.05, 3.63) is 29.8 Å². The van der Waals surface area contributed by atoms with E-state index in [-0.39, 0.29) is 17.0 Å². The van der Waals surface area contributed by atoms with E-state index in [0.29, 0.717) is 6.54 Å². The summed E-state index contributed by atoms with van der Waals surface area (Å²) in [4.78, 5) is 13.7. The van der Waals surface area contributed by atoms with Gasteiger partial charge in [0.05, 0.1) is 4.90 Å². The smallest absolute Gasteiger partial charge is 0.343 e. The maximum absolute atomic E-state index is 12.3. The Kier molecular flexibility index (Phi) is 6.98. The van der Waals surface area contributed by atoms with Gasteiger partial charge in [0, 0.05) is 44.8 Å². The second-order valence-electron chi connectivity index (χ2n) is 5.82. The number of sulfonamides is 1. The van der Waals surface area contributed by atoms with Crippen molar-refractivity contribution in [2.24, 2.45) is 0 Å². The van der Waals surface area contributed by atoms with Crippen LogP contribution >= 0.6 is 0 Å². The number of alkyl halides is 3. The molecule has 1 amide bonds. The van der Waals surface area contributed by atoms with Crippen LogP contribution in [-0.2, 0) is 10.0 Å². The lowest BCUT2D eigenvalue weighted by atomic mass is 10.2. The molecule has 2 rings (SSSR count). The summed E-state index contributed by atoms with van der Waals surface area (Å²) < 4.78 is 63.6. The molecule has 0 saturated carbocycles. The van der Waals surface area contributed by atoms with Crippen LogP contribution in [0.1, 0.15) is 10.4 Å². The minimum absolute atomic E-state index is 0.153. The minimum Gasteiger partial charge on any atom is -0.343 e. The van der Waals surface area contributed by atoms with Crippen molar-refractivity contribution in [2.45, 2.75) is 11.1 Å². The standard InChI is InChI=1S/C15H21F3N4O3S/c16-15(17,18)11-20-14(23)12-2-1-3-13(10-12)26(24,25)21-6-9-22-7-4-19-5-8-22/h1-3,10,19,21H,4-9,11H2,(H,20,23). The Morgan fingerprint density at radius 1 is 1.23 bits per heavy atom. The second-order valence-corrected chi connectivity index (χ2v) is 7.58. The Labute approximate surface area is 150 Å². The zero-order valence-electron chi connectivity index (χ0n) is 14.0. The molecule has 0 atom stereocenters. The van der Waals surface area contributed by atoms with E-state index in [1.165, 1.54) is 18.2 Å². The average Bonchev–Trinajstić information content (AvgIpc) is 2.60. The first-order valence-electron chi connectivity index (χ1n) is 8.05. The fraction of sp³-hybridized carbons (Fsp3) is 0.533. The fourth-order valence-electron chi connectivity index (χ4n) is 2.44. The van der Waals surface area contributed by atoms with Gasteiger partial charge in [-0.1, -0.05) is 6.07 Å². The monoisotopic (exact) mass is 394 g/mol. The zero-order valence-corrected chi connectivity index (χ0v) is 14.8. The van der Waals surface area contributed by atoms with Gasteiger partial charge in [-0.25, -0.2) is 13.1 Å². The normalized spacial score (nSPS) is 16.4.